The van der Waals surface area contributed by atoms with Crippen molar-refractivity contribution in [3.8, 4) is 0 Å². The highest BCUT2D eigenvalue weighted by Gasteiger charge is 2.09. The lowest BCUT2D eigenvalue weighted by Crippen LogP contribution is -2.33. The molecule has 92 valence electrons. The zero-order chi connectivity index (χ0) is 12.1. The second-order valence-electron chi connectivity index (χ2n) is 4.46. The van der Waals surface area contributed by atoms with Crippen molar-refractivity contribution in [3.05, 3.63) is 39.9 Å². The molecular weight excluding hydrogens is 253 g/mol. The number of piperidine rings is 1. The van der Waals surface area contributed by atoms with Crippen LogP contribution in [0.2, 0.25) is 10.0 Å². The van der Waals surface area contributed by atoms with Gasteiger partial charge in [-0.2, -0.15) is 0 Å². The number of halogens is 2. The van der Waals surface area contributed by atoms with E-state index in [2.05, 4.69) is 17.5 Å². The van der Waals surface area contributed by atoms with E-state index in [0.717, 1.165) is 18.5 Å². The van der Waals surface area contributed by atoms with Gasteiger partial charge in [0, 0.05) is 6.04 Å². The molecule has 1 atom stereocenters. The Morgan fingerprint density at radius 1 is 1.24 bits per heavy atom. The van der Waals surface area contributed by atoms with Crippen LogP contribution in [0.1, 0.15) is 31.2 Å². The molecule has 1 heterocycles. The molecule has 17 heavy (non-hydrogen) atoms. The summed E-state index contributed by atoms with van der Waals surface area (Å²) in [4.78, 5) is 0. The minimum atomic E-state index is 0.609. The topological polar surface area (TPSA) is 12.0 Å². The van der Waals surface area contributed by atoms with E-state index in [1.165, 1.54) is 19.3 Å². The van der Waals surface area contributed by atoms with Crippen molar-refractivity contribution in [2.24, 2.45) is 0 Å². The summed E-state index contributed by atoms with van der Waals surface area (Å²) in [6.45, 7) is 1.16. The van der Waals surface area contributed by atoms with Crippen molar-refractivity contribution in [2.75, 3.05) is 6.54 Å². The van der Waals surface area contributed by atoms with Crippen molar-refractivity contribution in [1.82, 2.24) is 5.32 Å². The van der Waals surface area contributed by atoms with E-state index in [0.29, 0.717) is 16.1 Å². The van der Waals surface area contributed by atoms with Gasteiger partial charge in [0.25, 0.3) is 0 Å². The van der Waals surface area contributed by atoms with Gasteiger partial charge in [0.15, 0.2) is 0 Å². The Morgan fingerprint density at radius 3 is 2.82 bits per heavy atom. The number of hydrogen-bond donors (Lipinski definition) is 1. The van der Waals surface area contributed by atoms with Crippen molar-refractivity contribution in [1.29, 1.82) is 0 Å². The van der Waals surface area contributed by atoms with Gasteiger partial charge < -0.3 is 5.32 Å². The number of nitrogens with one attached hydrogen (secondary N) is 1. The van der Waals surface area contributed by atoms with E-state index in [9.17, 15) is 0 Å². The molecule has 1 aliphatic rings. The SMILES string of the molecule is Clc1ccc(/C=C/C[C@H]2CCCCN2)cc1Cl. The fourth-order valence-corrected chi connectivity index (χ4v) is 2.42. The minimum Gasteiger partial charge on any atom is -0.314 e. The van der Waals surface area contributed by atoms with Gasteiger partial charge in [0.05, 0.1) is 10.0 Å². The molecule has 0 aliphatic carbocycles. The molecule has 1 aliphatic heterocycles. The van der Waals surface area contributed by atoms with Gasteiger partial charge in [-0.1, -0.05) is 47.8 Å². The Hall–Kier alpha value is -0.500. The Balaban J connectivity index is 1.88. The standard InChI is InChI=1S/C14H17Cl2N/c15-13-8-7-11(10-14(13)16)4-3-6-12-5-1-2-9-17-12/h3-4,7-8,10,12,17H,1-2,5-6,9H2/b4-3+/t12-/m1/s1. The average molecular weight is 270 g/mol. The van der Waals surface area contributed by atoms with Crippen LogP contribution in [0.15, 0.2) is 24.3 Å². The summed E-state index contributed by atoms with van der Waals surface area (Å²) in [5, 5.41) is 4.75. The van der Waals surface area contributed by atoms with Gasteiger partial charge >= 0.3 is 0 Å². The van der Waals surface area contributed by atoms with Crippen molar-refractivity contribution in [2.45, 2.75) is 31.7 Å². The molecule has 1 aromatic rings. The summed E-state index contributed by atoms with van der Waals surface area (Å²) in [6.07, 6.45) is 9.35. The lowest BCUT2D eigenvalue weighted by Gasteiger charge is -2.21. The number of hydrogen-bond acceptors (Lipinski definition) is 1. The molecule has 0 unspecified atom stereocenters. The summed E-state index contributed by atoms with van der Waals surface area (Å²) in [6, 6.07) is 6.36. The Kier molecular flexibility index (Phi) is 4.90. The highest BCUT2D eigenvalue weighted by atomic mass is 35.5. The van der Waals surface area contributed by atoms with Crippen LogP contribution in [0, 0.1) is 0 Å². The average Bonchev–Trinajstić information content (AvgIpc) is 2.35. The summed E-state index contributed by atoms with van der Waals surface area (Å²) in [5.74, 6) is 0. The summed E-state index contributed by atoms with van der Waals surface area (Å²) >= 11 is 11.8. The third-order valence-corrected chi connectivity index (χ3v) is 3.83. The van der Waals surface area contributed by atoms with Gasteiger partial charge in [0.2, 0.25) is 0 Å². The van der Waals surface area contributed by atoms with Gasteiger partial charge in [-0.05, 0) is 43.5 Å². The largest absolute Gasteiger partial charge is 0.314 e. The third-order valence-electron chi connectivity index (χ3n) is 3.09. The predicted octanol–water partition coefficient (Wildman–Crippen LogP) is 4.54. The first-order chi connectivity index (χ1) is 8.25. The van der Waals surface area contributed by atoms with Gasteiger partial charge in [0.1, 0.15) is 0 Å². The van der Waals surface area contributed by atoms with Crippen LogP contribution in [-0.4, -0.2) is 12.6 Å². The number of rotatable bonds is 3. The lowest BCUT2D eigenvalue weighted by molar-refractivity contribution is 0.404. The molecule has 1 saturated heterocycles. The maximum absolute atomic E-state index is 5.96. The predicted molar refractivity (Wildman–Crippen MR) is 75.8 cm³/mol. The molecule has 0 amide bonds. The van der Waals surface area contributed by atoms with Gasteiger partial charge in [-0.3, -0.25) is 0 Å². The molecule has 0 spiro atoms. The van der Waals surface area contributed by atoms with Crippen LogP contribution in [-0.2, 0) is 0 Å². The first kappa shape index (κ1) is 12.9. The zero-order valence-corrected chi connectivity index (χ0v) is 11.3. The maximum Gasteiger partial charge on any atom is 0.0598 e. The van der Waals surface area contributed by atoms with Crippen LogP contribution in [0.5, 0.6) is 0 Å². The molecule has 0 aromatic heterocycles. The summed E-state index contributed by atoms with van der Waals surface area (Å²) in [7, 11) is 0. The van der Waals surface area contributed by atoms with Crippen LogP contribution in [0.25, 0.3) is 6.08 Å². The summed E-state index contributed by atoms with van der Waals surface area (Å²) in [5.41, 5.74) is 1.11. The van der Waals surface area contributed by atoms with E-state index >= 15 is 0 Å². The minimum absolute atomic E-state index is 0.609. The molecule has 0 saturated carbocycles. The van der Waals surface area contributed by atoms with Gasteiger partial charge in [-0.25, -0.2) is 0 Å². The lowest BCUT2D eigenvalue weighted by atomic mass is 10.0. The molecule has 3 heteroatoms. The second kappa shape index (κ2) is 6.44. The Labute approximate surface area is 113 Å². The zero-order valence-electron chi connectivity index (χ0n) is 9.76. The molecular formula is C14H17Cl2N. The fraction of sp³-hybridized carbons (Fsp3) is 0.429. The normalized spacial score (nSPS) is 20.9. The Morgan fingerprint density at radius 2 is 2.12 bits per heavy atom. The monoisotopic (exact) mass is 269 g/mol. The first-order valence-corrected chi connectivity index (χ1v) is 6.86. The van der Waals surface area contributed by atoms with Crippen LogP contribution >= 0.6 is 23.2 Å². The van der Waals surface area contributed by atoms with E-state index in [1.807, 2.05) is 18.2 Å². The van der Waals surface area contributed by atoms with Crippen molar-refractivity contribution in [3.63, 3.8) is 0 Å². The molecule has 0 bridgehead atoms. The van der Waals surface area contributed by atoms with E-state index in [4.69, 9.17) is 23.2 Å². The highest BCUT2D eigenvalue weighted by molar-refractivity contribution is 6.42. The second-order valence-corrected chi connectivity index (χ2v) is 5.27. The quantitative estimate of drug-likeness (QED) is 0.850. The first-order valence-electron chi connectivity index (χ1n) is 6.10. The van der Waals surface area contributed by atoms with E-state index < -0.39 is 0 Å². The van der Waals surface area contributed by atoms with Crippen molar-refractivity contribution >= 4 is 29.3 Å². The Bertz CT molecular complexity index is 395. The molecule has 1 fully saturated rings. The highest BCUT2D eigenvalue weighted by Crippen LogP contribution is 2.23. The van der Waals surface area contributed by atoms with Crippen LogP contribution in [0.4, 0.5) is 0 Å². The van der Waals surface area contributed by atoms with E-state index in [1.54, 1.807) is 0 Å². The smallest absolute Gasteiger partial charge is 0.0598 e. The third kappa shape index (κ3) is 4.02. The van der Waals surface area contributed by atoms with Crippen molar-refractivity contribution < 1.29 is 0 Å². The summed E-state index contributed by atoms with van der Waals surface area (Å²) < 4.78 is 0. The van der Waals surface area contributed by atoms with Crippen LogP contribution < -0.4 is 5.32 Å². The fourth-order valence-electron chi connectivity index (χ4n) is 2.11. The molecule has 0 radical (unpaired) electrons. The molecule has 1 N–H and O–H groups in total. The molecule has 2 rings (SSSR count). The number of benzene rings is 1. The maximum atomic E-state index is 5.96. The van der Waals surface area contributed by atoms with E-state index in [-0.39, 0.29) is 0 Å². The van der Waals surface area contributed by atoms with Crippen LogP contribution in [0.3, 0.4) is 0 Å². The molecule has 1 nitrogen and oxygen atoms in total. The van der Waals surface area contributed by atoms with Gasteiger partial charge in [-0.15, -0.1) is 0 Å². The molecule has 1 aromatic carbocycles.